The van der Waals surface area contributed by atoms with E-state index in [0.29, 0.717) is 43.8 Å². The lowest BCUT2D eigenvalue weighted by molar-refractivity contribution is -0.132. The Hall–Kier alpha value is -2.39. The number of hydrogen-bond acceptors (Lipinski definition) is 7. The molecule has 0 aliphatic carbocycles. The van der Waals surface area contributed by atoms with Crippen molar-refractivity contribution in [3.05, 3.63) is 29.3 Å². The molecule has 2 aromatic rings. The van der Waals surface area contributed by atoms with Gasteiger partial charge in [0.05, 0.1) is 12.3 Å². The Bertz CT molecular complexity index is 855. The number of thioether (sulfide) groups is 1. The van der Waals surface area contributed by atoms with Crippen molar-refractivity contribution in [1.29, 1.82) is 0 Å². The minimum absolute atomic E-state index is 0.0414. The van der Waals surface area contributed by atoms with Gasteiger partial charge in [-0.05, 0) is 26.0 Å². The molecule has 0 spiro atoms. The highest BCUT2D eigenvalue weighted by Gasteiger charge is 2.23. The van der Waals surface area contributed by atoms with Crippen LogP contribution in [0.4, 0.5) is 0 Å². The maximum Gasteiger partial charge on any atom is 0.277 e. The standard InChI is InChI=1S/C20H27N5O3S/c1-14-9-15(2)11-16(10-14)19-21-22-20(28-19)29-13-18(27)25-7-5-24(6-8-25)12-17(26)23(3)4/h9-11H,5-8,12-13H2,1-4H3. The monoisotopic (exact) mass is 417 g/mol. The van der Waals surface area contributed by atoms with Gasteiger partial charge >= 0.3 is 0 Å². The Kier molecular flexibility index (Phi) is 6.92. The Morgan fingerprint density at radius 1 is 1.07 bits per heavy atom. The van der Waals surface area contributed by atoms with Crippen molar-refractivity contribution in [3.8, 4) is 11.5 Å². The number of piperazine rings is 1. The van der Waals surface area contributed by atoms with E-state index < -0.39 is 0 Å². The Morgan fingerprint density at radius 3 is 2.34 bits per heavy atom. The predicted octanol–water partition coefficient (Wildman–Crippen LogP) is 1.68. The number of amides is 2. The average molecular weight is 418 g/mol. The number of hydrogen-bond donors (Lipinski definition) is 0. The second-order valence-electron chi connectivity index (χ2n) is 7.48. The van der Waals surface area contributed by atoms with Crippen LogP contribution in [0.5, 0.6) is 0 Å². The SMILES string of the molecule is Cc1cc(C)cc(-c2nnc(SCC(=O)N3CCN(CC(=O)N(C)C)CC3)o2)c1. The molecular weight excluding hydrogens is 390 g/mol. The van der Waals surface area contributed by atoms with Gasteiger partial charge in [-0.2, -0.15) is 0 Å². The molecule has 8 nitrogen and oxygen atoms in total. The average Bonchev–Trinajstić information content (AvgIpc) is 3.15. The number of aryl methyl sites for hydroxylation is 2. The van der Waals surface area contributed by atoms with Crippen LogP contribution in [-0.4, -0.2) is 89.3 Å². The molecule has 0 bridgehead atoms. The van der Waals surface area contributed by atoms with Crippen molar-refractivity contribution in [3.63, 3.8) is 0 Å². The minimum atomic E-state index is 0.0414. The van der Waals surface area contributed by atoms with Crippen LogP contribution in [0.3, 0.4) is 0 Å². The summed E-state index contributed by atoms with van der Waals surface area (Å²) in [7, 11) is 3.50. The number of aromatic nitrogens is 2. The van der Waals surface area contributed by atoms with Crippen molar-refractivity contribution in [1.82, 2.24) is 24.9 Å². The van der Waals surface area contributed by atoms with Crippen LogP contribution in [0.2, 0.25) is 0 Å². The van der Waals surface area contributed by atoms with Gasteiger partial charge in [-0.1, -0.05) is 29.0 Å². The smallest absolute Gasteiger partial charge is 0.277 e. The molecule has 1 fully saturated rings. The molecule has 3 rings (SSSR count). The first kappa shape index (κ1) is 21.3. The zero-order valence-corrected chi connectivity index (χ0v) is 18.2. The third kappa shape index (κ3) is 5.80. The van der Waals surface area contributed by atoms with Crippen molar-refractivity contribution >= 4 is 23.6 Å². The maximum atomic E-state index is 12.5. The lowest BCUT2D eigenvalue weighted by atomic mass is 10.1. The van der Waals surface area contributed by atoms with Crippen LogP contribution in [0.25, 0.3) is 11.5 Å². The van der Waals surface area contributed by atoms with E-state index >= 15 is 0 Å². The Labute approximate surface area is 175 Å². The molecule has 0 N–H and O–H groups in total. The van der Waals surface area contributed by atoms with Gasteiger partial charge in [-0.25, -0.2) is 0 Å². The lowest BCUT2D eigenvalue weighted by Crippen LogP contribution is -2.51. The lowest BCUT2D eigenvalue weighted by Gasteiger charge is -2.34. The number of rotatable bonds is 6. The van der Waals surface area contributed by atoms with E-state index in [-0.39, 0.29) is 17.6 Å². The summed E-state index contributed by atoms with van der Waals surface area (Å²) in [6, 6.07) is 6.09. The highest BCUT2D eigenvalue weighted by molar-refractivity contribution is 7.99. The van der Waals surface area contributed by atoms with Gasteiger partial charge in [0.15, 0.2) is 0 Å². The van der Waals surface area contributed by atoms with E-state index in [2.05, 4.69) is 21.2 Å². The molecular formula is C20H27N5O3S. The Morgan fingerprint density at radius 2 is 1.72 bits per heavy atom. The maximum absolute atomic E-state index is 12.5. The van der Waals surface area contributed by atoms with Gasteiger partial charge < -0.3 is 14.2 Å². The first-order chi connectivity index (χ1) is 13.8. The predicted molar refractivity (Wildman–Crippen MR) is 112 cm³/mol. The highest BCUT2D eigenvalue weighted by atomic mass is 32.2. The van der Waals surface area contributed by atoms with Crippen molar-refractivity contribution in [2.75, 3.05) is 52.6 Å². The van der Waals surface area contributed by atoms with E-state index in [1.807, 2.05) is 30.9 Å². The molecule has 0 unspecified atom stereocenters. The summed E-state index contributed by atoms with van der Waals surface area (Å²) >= 11 is 1.26. The summed E-state index contributed by atoms with van der Waals surface area (Å²) in [5, 5.41) is 8.55. The molecule has 2 amide bonds. The molecule has 1 aliphatic heterocycles. The molecule has 9 heteroatoms. The topological polar surface area (TPSA) is 82.8 Å². The van der Waals surface area contributed by atoms with Crippen LogP contribution in [-0.2, 0) is 9.59 Å². The first-order valence-corrected chi connectivity index (χ1v) is 10.6. The molecule has 1 aromatic carbocycles. The second kappa shape index (κ2) is 9.41. The quantitative estimate of drug-likeness (QED) is 0.661. The number of carbonyl (C=O) groups is 2. The van der Waals surface area contributed by atoms with Crippen molar-refractivity contribution in [2.45, 2.75) is 19.1 Å². The third-order valence-corrected chi connectivity index (χ3v) is 5.58. The summed E-state index contributed by atoms with van der Waals surface area (Å²) in [6.07, 6.45) is 0. The fourth-order valence-corrected chi connectivity index (χ4v) is 3.85. The largest absolute Gasteiger partial charge is 0.411 e. The molecule has 1 saturated heterocycles. The Balaban J connectivity index is 1.48. The van der Waals surface area contributed by atoms with Gasteiger partial charge in [0.1, 0.15) is 0 Å². The van der Waals surface area contributed by atoms with E-state index in [4.69, 9.17) is 4.42 Å². The van der Waals surface area contributed by atoms with Gasteiger partial charge in [0, 0.05) is 45.8 Å². The summed E-state index contributed by atoms with van der Waals surface area (Å²) < 4.78 is 5.72. The minimum Gasteiger partial charge on any atom is -0.411 e. The molecule has 2 heterocycles. The zero-order valence-electron chi connectivity index (χ0n) is 17.3. The van der Waals surface area contributed by atoms with E-state index in [1.54, 1.807) is 19.0 Å². The molecule has 1 aromatic heterocycles. The highest BCUT2D eigenvalue weighted by Crippen LogP contribution is 2.25. The van der Waals surface area contributed by atoms with Crippen LogP contribution in [0.1, 0.15) is 11.1 Å². The first-order valence-electron chi connectivity index (χ1n) is 9.57. The molecule has 156 valence electrons. The molecule has 1 aliphatic rings. The summed E-state index contributed by atoms with van der Waals surface area (Å²) in [6.45, 7) is 7.10. The fourth-order valence-electron chi connectivity index (χ4n) is 3.19. The number of carbonyl (C=O) groups excluding carboxylic acids is 2. The van der Waals surface area contributed by atoms with Gasteiger partial charge in [-0.3, -0.25) is 14.5 Å². The van der Waals surface area contributed by atoms with Crippen LogP contribution < -0.4 is 0 Å². The zero-order chi connectivity index (χ0) is 21.0. The summed E-state index contributed by atoms with van der Waals surface area (Å²) in [5.74, 6) is 0.840. The number of nitrogens with zero attached hydrogens (tertiary/aromatic N) is 5. The summed E-state index contributed by atoms with van der Waals surface area (Å²) in [5.41, 5.74) is 3.15. The van der Waals surface area contributed by atoms with Crippen molar-refractivity contribution < 1.29 is 14.0 Å². The molecule has 29 heavy (non-hydrogen) atoms. The number of benzene rings is 1. The molecule has 0 radical (unpaired) electrons. The normalized spacial score (nSPS) is 14.8. The van der Waals surface area contributed by atoms with Crippen LogP contribution >= 0.6 is 11.8 Å². The fraction of sp³-hybridized carbons (Fsp3) is 0.500. The van der Waals surface area contributed by atoms with Crippen LogP contribution in [0.15, 0.2) is 27.8 Å². The van der Waals surface area contributed by atoms with E-state index in [9.17, 15) is 9.59 Å². The number of likely N-dealkylation sites (N-methyl/N-ethyl adjacent to an activating group) is 1. The van der Waals surface area contributed by atoms with E-state index in [0.717, 1.165) is 16.7 Å². The van der Waals surface area contributed by atoms with E-state index in [1.165, 1.54) is 11.8 Å². The van der Waals surface area contributed by atoms with Gasteiger partial charge in [-0.15, -0.1) is 10.2 Å². The second-order valence-corrected chi connectivity index (χ2v) is 8.41. The van der Waals surface area contributed by atoms with Gasteiger partial charge in [0.25, 0.3) is 5.22 Å². The molecule has 0 saturated carbocycles. The van der Waals surface area contributed by atoms with Crippen LogP contribution in [0, 0.1) is 13.8 Å². The van der Waals surface area contributed by atoms with Gasteiger partial charge in [0.2, 0.25) is 17.7 Å². The molecule has 0 atom stereocenters. The van der Waals surface area contributed by atoms with Crippen molar-refractivity contribution in [2.24, 2.45) is 0 Å². The third-order valence-electron chi connectivity index (χ3n) is 4.78. The summed E-state index contributed by atoms with van der Waals surface area (Å²) in [4.78, 5) is 29.8.